The molecule has 5 aromatic rings. The SMILES string of the molecule is Cc1cccc(-c2[nH]cnc2-c2ccc3ncc(-c4ccc(C(=O)O[C@@H]5CCN(C)C5)s4)cc3c2)n1. The molecule has 0 spiro atoms. The van der Waals surface area contributed by atoms with Crippen molar-refractivity contribution in [3.05, 3.63) is 77.7 Å². The lowest BCUT2D eigenvalue weighted by Gasteiger charge is -2.11. The van der Waals surface area contributed by atoms with Gasteiger partial charge in [-0.2, -0.15) is 0 Å². The van der Waals surface area contributed by atoms with Gasteiger partial charge in [-0.1, -0.05) is 12.1 Å². The van der Waals surface area contributed by atoms with Gasteiger partial charge in [0.2, 0.25) is 0 Å². The summed E-state index contributed by atoms with van der Waals surface area (Å²) in [5, 5.41) is 1.00. The van der Waals surface area contributed by atoms with E-state index in [-0.39, 0.29) is 12.1 Å². The molecule has 1 aliphatic rings. The highest BCUT2D eigenvalue weighted by Crippen LogP contribution is 2.33. The van der Waals surface area contributed by atoms with Gasteiger partial charge >= 0.3 is 5.97 Å². The third-order valence-electron chi connectivity index (χ3n) is 6.45. The third-order valence-corrected chi connectivity index (χ3v) is 7.57. The highest BCUT2D eigenvalue weighted by molar-refractivity contribution is 7.17. The highest BCUT2D eigenvalue weighted by atomic mass is 32.1. The first-order valence-corrected chi connectivity index (χ1v) is 12.7. The van der Waals surface area contributed by atoms with Crippen molar-refractivity contribution in [2.75, 3.05) is 20.1 Å². The Balaban J connectivity index is 1.29. The zero-order valence-electron chi connectivity index (χ0n) is 20.1. The summed E-state index contributed by atoms with van der Waals surface area (Å²) >= 11 is 1.44. The number of pyridine rings is 2. The van der Waals surface area contributed by atoms with Gasteiger partial charge in [0, 0.05) is 46.4 Å². The number of carbonyl (C=O) groups excluding carboxylic acids is 1. The molecule has 1 aliphatic heterocycles. The lowest BCUT2D eigenvalue weighted by Crippen LogP contribution is -2.21. The van der Waals surface area contributed by atoms with E-state index in [0.29, 0.717) is 4.88 Å². The molecule has 6 rings (SSSR count). The summed E-state index contributed by atoms with van der Waals surface area (Å²) in [6.45, 7) is 3.73. The normalized spacial score (nSPS) is 16.0. The lowest BCUT2D eigenvalue weighted by molar-refractivity contribution is 0.0333. The molecule has 1 N–H and O–H groups in total. The first-order valence-electron chi connectivity index (χ1n) is 11.9. The second kappa shape index (κ2) is 9.29. The van der Waals surface area contributed by atoms with Crippen molar-refractivity contribution in [1.82, 2.24) is 24.8 Å². The molecule has 0 amide bonds. The zero-order chi connectivity index (χ0) is 24.6. The van der Waals surface area contributed by atoms with E-state index < -0.39 is 0 Å². The van der Waals surface area contributed by atoms with Crippen LogP contribution in [0.1, 0.15) is 21.8 Å². The minimum atomic E-state index is -0.251. The van der Waals surface area contributed by atoms with Crippen molar-refractivity contribution in [3.8, 4) is 33.1 Å². The highest BCUT2D eigenvalue weighted by Gasteiger charge is 2.24. The molecule has 0 radical (unpaired) electrons. The van der Waals surface area contributed by atoms with Gasteiger partial charge in [0.15, 0.2) is 0 Å². The number of esters is 1. The van der Waals surface area contributed by atoms with Crippen molar-refractivity contribution in [3.63, 3.8) is 0 Å². The number of imidazole rings is 1. The Morgan fingerprint density at radius 1 is 1.11 bits per heavy atom. The van der Waals surface area contributed by atoms with Crippen LogP contribution in [0.4, 0.5) is 0 Å². The Bertz CT molecular complexity index is 1570. The smallest absolute Gasteiger partial charge is 0.348 e. The third kappa shape index (κ3) is 4.41. The number of ether oxygens (including phenoxy) is 1. The number of hydrogen-bond donors (Lipinski definition) is 1. The molecule has 1 fully saturated rings. The summed E-state index contributed by atoms with van der Waals surface area (Å²) < 4.78 is 5.70. The van der Waals surface area contributed by atoms with Crippen LogP contribution in [0.3, 0.4) is 0 Å². The maximum atomic E-state index is 12.6. The zero-order valence-corrected chi connectivity index (χ0v) is 20.9. The van der Waals surface area contributed by atoms with Gasteiger partial charge in [0.05, 0.1) is 28.9 Å². The first kappa shape index (κ1) is 22.6. The molecule has 1 atom stereocenters. The van der Waals surface area contributed by atoms with Crippen molar-refractivity contribution >= 4 is 28.2 Å². The first-order chi connectivity index (χ1) is 17.5. The van der Waals surface area contributed by atoms with Crippen molar-refractivity contribution in [2.45, 2.75) is 19.4 Å². The second-order valence-electron chi connectivity index (χ2n) is 9.16. The molecule has 1 saturated heterocycles. The average molecular weight is 496 g/mol. The van der Waals surface area contributed by atoms with E-state index >= 15 is 0 Å². The summed E-state index contributed by atoms with van der Waals surface area (Å²) in [7, 11) is 2.04. The predicted octanol–water partition coefficient (Wildman–Crippen LogP) is 5.58. The molecular weight excluding hydrogens is 470 g/mol. The topological polar surface area (TPSA) is 84.0 Å². The lowest BCUT2D eigenvalue weighted by atomic mass is 10.0. The second-order valence-corrected chi connectivity index (χ2v) is 10.2. The number of thiophene rings is 1. The minimum absolute atomic E-state index is 0.0317. The molecule has 0 saturated carbocycles. The Morgan fingerprint density at radius 2 is 2.00 bits per heavy atom. The maximum absolute atomic E-state index is 12.6. The van der Waals surface area contributed by atoms with Gasteiger partial charge in [-0.3, -0.25) is 9.97 Å². The van der Waals surface area contributed by atoms with Crippen LogP contribution in [0.15, 0.2) is 67.1 Å². The van der Waals surface area contributed by atoms with Gasteiger partial charge in [-0.05, 0) is 62.9 Å². The van der Waals surface area contributed by atoms with Crippen LogP contribution < -0.4 is 0 Å². The number of hydrogen-bond acceptors (Lipinski definition) is 7. The fourth-order valence-electron chi connectivity index (χ4n) is 4.61. The van der Waals surface area contributed by atoms with Crippen molar-refractivity contribution < 1.29 is 9.53 Å². The predicted molar refractivity (Wildman–Crippen MR) is 142 cm³/mol. The van der Waals surface area contributed by atoms with E-state index in [0.717, 1.165) is 69.2 Å². The van der Waals surface area contributed by atoms with E-state index in [1.54, 1.807) is 6.33 Å². The summed E-state index contributed by atoms with van der Waals surface area (Å²) in [5.74, 6) is -0.251. The minimum Gasteiger partial charge on any atom is -0.457 e. The number of fused-ring (bicyclic) bond motifs is 1. The van der Waals surface area contributed by atoms with Crippen molar-refractivity contribution in [1.29, 1.82) is 0 Å². The van der Waals surface area contributed by atoms with E-state index in [1.165, 1.54) is 11.3 Å². The fourth-order valence-corrected chi connectivity index (χ4v) is 5.48. The number of rotatable bonds is 5. The molecular formula is C28H25N5O2S. The van der Waals surface area contributed by atoms with Crippen LogP contribution in [0, 0.1) is 6.92 Å². The van der Waals surface area contributed by atoms with Gasteiger partial charge < -0.3 is 14.6 Å². The van der Waals surface area contributed by atoms with Gasteiger partial charge in [0.1, 0.15) is 11.0 Å². The monoisotopic (exact) mass is 495 g/mol. The van der Waals surface area contributed by atoms with Crippen LogP contribution in [0.5, 0.6) is 0 Å². The molecule has 4 aromatic heterocycles. The molecule has 1 aromatic carbocycles. The van der Waals surface area contributed by atoms with E-state index in [1.807, 2.05) is 62.6 Å². The number of benzene rings is 1. The number of likely N-dealkylation sites (N-methyl/N-ethyl adjacent to an activating group) is 1. The van der Waals surface area contributed by atoms with Crippen LogP contribution >= 0.6 is 11.3 Å². The number of likely N-dealkylation sites (tertiary alicyclic amines) is 1. The number of nitrogens with zero attached hydrogens (tertiary/aromatic N) is 4. The van der Waals surface area contributed by atoms with Crippen LogP contribution in [-0.4, -0.2) is 57.0 Å². The molecule has 36 heavy (non-hydrogen) atoms. The van der Waals surface area contributed by atoms with Gasteiger partial charge in [-0.25, -0.2) is 9.78 Å². The Labute approximate surface area is 212 Å². The number of aromatic nitrogens is 4. The summed E-state index contributed by atoms with van der Waals surface area (Å²) in [5.41, 5.74) is 6.39. The average Bonchev–Trinajstić information content (AvgIpc) is 3.64. The maximum Gasteiger partial charge on any atom is 0.348 e. The number of aryl methyl sites for hydroxylation is 1. The Kier molecular flexibility index (Phi) is 5.83. The molecule has 0 bridgehead atoms. The van der Waals surface area contributed by atoms with Crippen LogP contribution in [0.25, 0.3) is 44.0 Å². The number of H-pyrrole nitrogens is 1. The Morgan fingerprint density at radius 3 is 2.83 bits per heavy atom. The van der Waals surface area contributed by atoms with E-state index in [9.17, 15) is 4.79 Å². The number of carbonyl (C=O) groups is 1. The van der Waals surface area contributed by atoms with Crippen LogP contribution in [0.2, 0.25) is 0 Å². The summed E-state index contributed by atoms with van der Waals surface area (Å²) in [4.78, 5) is 33.6. The van der Waals surface area contributed by atoms with Gasteiger partial charge in [0.25, 0.3) is 0 Å². The van der Waals surface area contributed by atoms with E-state index in [4.69, 9.17) is 4.74 Å². The quantitative estimate of drug-likeness (QED) is 0.320. The molecule has 7 nitrogen and oxygen atoms in total. The number of nitrogens with one attached hydrogen (secondary N) is 1. The molecule has 0 aliphatic carbocycles. The number of aromatic amines is 1. The largest absolute Gasteiger partial charge is 0.457 e. The van der Waals surface area contributed by atoms with E-state index in [2.05, 4.69) is 37.0 Å². The molecule has 8 heteroatoms. The fraction of sp³-hybridized carbons (Fsp3) is 0.214. The van der Waals surface area contributed by atoms with Gasteiger partial charge in [-0.15, -0.1) is 11.3 Å². The molecule has 5 heterocycles. The molecule has 0 unspecified atom stereocenters. The standard InChI is InChI=1S/C28H25N5O2S/c1-17-4-3-5-23(32-17)27-26(30-16-31-27)18-6-7-22-19(12-18)13-20(14-29-22)24-8-9-25(36-24)28(34)35-21-10-11-33(2)15-21/h3-9,12-14,16,21H,10-11,15H2,1-2H3,(H,30,31)/t21-/m1/s1. The summed E-state index contributed by atoms with van der Waals surface area (Å²) in [6, 6.07) is 18.0. The van der Waals surface area contributed by atoms with Crippen molar-refractivity contribution in [2.24, 2.45) is 0 Å². The molecule has 180 valence electrons. The Hall–Kier alpha value is -3.88. The summed E-state index contributed by atoms with van der Waals surface area (Å²) in [6.07, 6.45) is 4.40. The van der Waals surface area contributed by atoms with Crippen LogP contribution in [-0.2, 0) is 4.74 Å².